The smallest absolute Gasteiger partial charge is 0.283 e. The lowest BCUT2D eigenvalue weighted by atomic mass is 10.1. The van der Waals surface area contributed by atoms with Crippen LogP contribution >= 0.6 is 11.8 Å². The molecule has 0 saturated heterocycles. The van der Waals surface area contributed by atoms with Gasteiger partial charge in [0.25, 0.3) is 5.91 Å². The summed E-state index contributed by atoms with van der Waals surface area (Å²) in [4.78, 5) is 17.2. The van der Waals surface area contributed by atoms with Gasteiger partial charge in [0.05, 0.1) is 12.2 Å². The lowest BCUT2D eigenvalue weighted by Crippen LogP contribution is -2.35. The maximum atomic E-state index is 12.9. The van der Waals surface area contributed by atoms with Crippen molar-refractivity contribution in [3.63, 3.8) is 0 Å². The first kappa shape index (κ1) is 22.9. The minimum Gasteiger partial charge on any atom is -0.494 e. The Morgan fingerprint density at radius 1 is 1.09 bits per heavy atom. The van der Waals surface area contributed by atoms with E-state index in [1.165, 1.54) is 16.8 Å². The second-order valence-corrected chi connectivity index (χ2v) is 9.28. The Balaban J connectivity index is 1.48. The zero-order valence-corrected chi connectivity index (χ0v) is 20.8. The molecule has 1 aromatic heterocycles. The van der Waals surface area contributed by atoms with Gasteiger partial charge in [0.2, 0.25) is 5.17 Å². The van der Waals surface area contributed by atoms with Gasteiger partial charge in [-0.05, 0) is 87.0 Å². The second-order valence-electron chi connectivity index (χ2n) is 8.33. The summed E-state index contributed by atoms with van der Waals surface area (Å²) in [7, 11) is 0. The average molecular weight is 484 g/mol. The monoisotopic (exact) mass is 483 g/mol. The molecule has 0 spiro atoms. The number of aliphatic imine (C=N–C) groups is 1. The Morgan fingerprint density at radius 3 is 2.54 bits per heavy atom. The van der Waals surface area contributed by atoms with Crippen LogP contribution in [0.3, 0.4) is 0 Å². The molecule has 35 heavy (non-hydrogen) atoms. The lowest BCUT2D eigenvalue weighted by molar-refractivity contribution is -0.114. The molecule has 0 aliphatic carbocycles. The van der Waals surface area contributed by atoms with Crippen LogP contribution in [-0.2, 0) is 4.79 Å². The first-order chi connectivity index (χ1) is 16.9. The number of fused-ring (bicyclic) bond motifs is 1. The van der Waals surface area contributed by atoms with Crippen LogP contribution in [0.15, 0.2) is 70.3 Å². The molecule has 176 valence electrons. The van der Waals surface area contributed by atoms with Crippen molar-refractivity contribution < 1.29 is 9.53 Å². The molecule has 8 heteroatoms. The van der Waals surface area contributed by atoms with Gasteiger partial charge < -0.3 is 9.30 Å². The number of aryl methyl sites for hydroxylation is 2. The third-order valence-corrected chi connectivity index (χ3v) is 6.95. The van der Waals surface area contributed by atoms with Crippen molar-refractivity contribution >= 4 is 39.8 Å². The first-order valence-electron chi connectivity index (χ1n) is 11.4. The van der Waals surface area contributed by atoms with Gasteiger partial charge in [-0.2, -0.15) is 15.1 Å². The highest BCUT2D eigenvalue weighted by molar-refractivity contribution is 8.27. The Morgan fingerprint density at radius 2 is 1.83 bits per heavy atom. The third-order valence-electron chi connectivity index (χ3n) is 6.01. The number of amides is 1. The van der Waals surface area contributed by atoms with Crippen molar-refractivity contribution in [2.75, 3.05) is 6.61 Å². The van der Waals surface area contributed by atoms with Crippen LogP contribution in [0.4, 0.5) is 0 Å². The molecule has 0 unspecified atom stereocenters. The molecule has 0 fully saturated rings. The molecule has 3 aromatic rings. The number of ether oxygens (including phenoxy) is 1. The number of rotatable bonds is 5. The minimum atomic E-state index is -0.430. The van der Waals surface area contributed by atoms with Crippen LogP contribution < -0.4 is 4.74 Å². The molecule has 7 nitrogen and oxygen atoms in total. The molecule has 5 rings (SSSR count). The van der Waals surface area contributed by atoms with E-state index >= 15 is 0 Å². The molecule has 0 atom stereocenters. The molecule has 3 heterocycles. The van der Waals surface area contributed by atoms with Crippen molar-refractivity contribution in [3.8, 4) is 11.4 Å². The van der Waals surface area contributed by atoms with Crippen molar-refractivity contribution in [2.45, 2.75) is 27.7 Å². The zero-order chi connectivity index (χ0) is 24.7. The highest BCUT2D eigenvalue weighted by Crippen LogP contribution is 2.32. The van der Waals surface area contributed by atoms with Gasteiger partial charge in [0.15, 0.2) is 5.84 Å². The van der Waals surface area contributed by atoms with Crippen LogP contribution in [0.1, 0.15) is 35.0 Å². The number of nitrogens with zero attached hydrogens (tertiary/aromatic N) is 4. The molecule has 2 aliphatic rings. The maximum absolute atomic E-state index is 12.9. The normalized spacial score (nSPS) is 16.5. The molecular formula is C27H25N5O2S. The highest BCUT2D eigenvalue weighted by atomic mass is 32.2. The summed E-state index contributed by atoms with van der Waals surface area (Å²) in [5.41, 5.74) is 6.12. The van der Waals surface area contributed by atoms with E-state index in [1.54, 1.807) is 6.08 Å². The number of hydrogen-bond acceptors (Lipinski definition) is 5. The number of aromatic nitrogens is 1. The van der Waals surface area contributed by atoms with Crippen LogP contribution in [0, 0.1) is 26.2 Å². The van der Waals surface area contributed by atoms with E-state index in [1.807, 2.05) is 82.3 Å². The summed E-state index contributed by atoms with van der Waals surface area (Å²) in [6.45, 7) is 8.61. The predicted octanol–water partition coefficient (Wildman–Crippen LogP) is 5.47. The first-order valence-corrected chi connectivity index (χ1v) is 12.2. The van der Waals surface area contributed by atoms with Gasteiger partial charge in [-0.3, -0.25) is 10.2 Å². The highest BCUT2D eigenvalue weighted by Gasteiger charge is 2.36. The molecule has 0 bridgehead atoms. The molecule has 1 N–H and O–H groups in total. The van der Waals surface area contributed by atoms with Crippen LogP contribution in [-0.4, -0.2) is 38.1 Å². The fourth-order valence-electron chi connectivity index (χ4n) is 4.26. The van der Waals surface area contributed by atoms with Crippen LogP contribution in [0.2, 0.25) is 0 Å². The number of hydrazone groups is 1. The standard InChI is InChI=1S/C27H25N5O2S/c1-5-34-21-12-10-20(11-13-21)31-17(3)14-19(18(31)4)15-23-24(28)32-27(29-25(23)33)35-26(30-32)22-9-7-6-8-16(22)2/h6-15,28H,5H2,1-4H3/b23-15-,28-24?. The summed E-state index contributed by atoms with van der Waals surface area (Å²) in [6, 6.07) is 17.8. The quantitative estimate of drug-likeness (QED) is 0.488. The van der Waals surface area contributed by atoms with Crippen molar-refractivity contribution in [2.24, 2.45) is 10.1 Å². The van der Waals surface area contributed by atoms with Gasteiger partial charge >= 0.3 is 0 Å². The SMILES string of the molecule is CCOc1ccc(-n2c(C)cc(/C=C3/C(=N)N4N=C(c5ccccc5C)SC4=NC3=O)c2C)cc1. The number of benzene rings is 2. The second kappa shape index (κ2) is 9.03. The summed E-state index contributed by atoms with van der Waals surface area (Å²) in [5, 5.41) is 15.9. The van der Waals surface area contributed by atoms with Crippen molar-refractivity contribution in [3.05, 3.63) is 88.2 Å². The predicted molar refractivity (Wildman–Crippen MR) is 142 cm³/mol. The number of thioether (sulfide) groups is 1. The van der Waals surface area contributed by atoms with E-state index in [0.29, 0.717) is 11.8 Å². The van der Waals surface area contributed by atoms with Gasteiger partial charge in [-0.25, -0.2) is 0 Å². The van der Waals surface area contributed by atoms with E-state index < -0.39 is 5.91 Å². The molecule has 2 aromatic carbocycles. The van der Waals surface area contributed by atoms with Crippen molar-refractivity contribution in [1.82, 2.24) is 9.58 Å². The average Bonchev–Trinajstić information content (AvgIpc) is 3.38. The van der Waals surface area contributed by atoms with E-state index in [-0.39, 0.29) is 11.4 Å². The maximum Gasteiger partial charge on any atom is 0.283 e. The topological polar surface area (TPSA) is 83.0 Å². The molecule has 1 amide bonds. The molecule has 2 aliphatic heterocycles. The van der Waals surface area contributed by atoms with Gasteiger partial charge in [0.1, 0.15) is 10.8 Å². The summed E-state index contributed by atoms with van der Waals surface area (Å²) < 4.78 is 7.67. The molecular weight excluding hydrogens is 458 g/mol. The third kappa shape index (κ3) is 4.10. The molecule has 0 radical (unpaired) electrons. The van der Waals surface area contributed by atoms with E-state index in [4.69, 9.17) is 10.1 Å². The van der Waals surface area contributed by atoms with E-state index in [9.17, 15) is 4.79 Å². The fraction of sp³-hybridized carbons (Fsp3) is 0.185. The lowest BCUT2D eigenvalue weighted by Gasteiger charge is -2.20. The minimum absolute atomic E-state index is 0.0296. The molecule has 0 saturated carbocycles. The fourth-order valence-corrected chi connectivity index (χ4v) is 5.24. The number of nitrogens with one attached hydrogen (secondary N) is 1. The van der Waals surface area contributed by atoms with Crippen molar-refractivity contribution in [1.29, 1.82) is 5.41 Å². The number of amidine groups is 2. The van der Waals surface area contributed by atoms with Gasteiger partial charge in [0, 0.05) is 22.6 Å². The zero-order valence-electron chi connectivity index (χ0n) is 20.0. The Kier molecular flexibility index (Phi) is 5.90. The Hall–Kier alpha value is -3.91. The Labute approximate surface area is 208 Å². The van der Waals surface area contributed by atoms with Gasteiger partial charge in [-0.1, -0.05) is 24.3 Å². The summed E-state index contributed by atoms with van der Waals surface area (Å²) >= 11 is 1.31. The largest absolute Gasteiger partial charge is 0.494 e. The van der Waals surface area contributed by atoms with E-state index in [0.717, 1.165) is 44.6 Å². The van der Waals surface area contributed by atoms with Crippen LogP contribution in [0.5, 0.6) is 5.75 Å². The summed E-state index contributed by atoms with van der Waals surface area (Å²) in [5.74, 6) is 0.424. The summed E-state index contributed by atoms with van der Waals surface area (Å²) in [6.07, 6.45) is 1.74. The van der Waals surface area contributed by atoms with E-state index in [2.05, 4.69) is 14.7 Å². The number of hydrogen-bond donors (Lipinski definition) is 1. The van der Waals surface area contributed by atoms with Crippen LogP contribution in [0.25, 0.3) is 11.8 Å². The number of carbonyl (C=O) groups is 1. The number of carbonyl (C=O) groups excluding carboxylic acids is 1. The Bertz CT molecular complexity index is 1450. The van der Waals surface area contributed by atoms with Gasteiger partial charge in [-0.15, -0.1) is 0 Å².